The maximum absolute atomic E-state index is 14.9. The van der Waals surface area contributed by atoms with Crippen molar-refractivity contribution in [2.75, 3.05) is 6.54 Å². The summed E-state index contributed by atoms with van der Waals surface area (Å²) in [6.45, 7) is -0.0737. The third-order valence-corrected chi connectivity index (χ3v) is 6.19. The second-order valence-corrected chi connectivity index (χ2v) is 7.61. The Labute approximate surface area is 167 Å². The van der Waals surface area contributed by atoms with Crippen LogP contribution >= 0.6 is 0 Å². The van der Waals surface area contributed by atoms with Crippen LogP contribution in [0.1, 0.15) is 16.7 Å². The molecule has 3 atom stereocenters. The number of carboxylic acids is 1. The van der Waals surface area contributed by atoms with E-state index in [2.05, 4.69) is 0 Å². The van der Waals surface area contributed by atoms with Crippen LogP contribution in [0.5, 0.6) is 0 Å². The minimum atomic E-state index is -1.87. The van der Waals surface area contributed by atoms with E-state index in [4.69, 9.17) is 0 Å². The van der Waals surface area contributed by atoms with Crippen molar-refractivity contribution < 1.29 is 19.4 Å². The molecule has 1 aliphatic carbocycles. The Hall–Kier alpha value is -3.02. The Kier molecular flexibility index (Phi) is 4.05. The number of aliphatic hydroxyl groups is 1. The van der Waals surface area contributed by atoms with E-state index in [1.165, 1.54) is 0 Å². The number of fused-ring (bicyclic) bond motifs is 3. The number of alkyl halides is 1. The maximum Gasteiger partial charge on any atom is 0.324 e. The summed E-state index contributed by atoms with van der Waals surface area (Å²) in [5.41, 5.74) is 3.64. The van der Waals surface area contributed by atoms with Gasteiger partial charge in [0.1, 0.15) is 12.1 Å². The molecule has 4 nitrogen and oxygen atoms in total. The standard InChI is InChI=1S/C24H20FNO3/c25-21-20(27)14-26(22(21)23(28)29)24(15-8-2-1-3-9-15)18-12-6-4-10-16(18)17-11-5-7-13-19(17)24/h1-13,20-22,27H,14H2,(H,28,29)/t20-,21+,22-/m1/s1. The van der Waals surface area contributed by atoms with Crippen molar-refractivity contribution in [3.63, 3.8) is 0 Å². The van der Waals surface area contributed by atoms with Gasteiger partial charge in [0.05, 0.1) is 5.54 Å². The Balaban J connectivity index is 1.89. The van der Waals surface area contributed by atoms with Gasteiger partial charge in [-0.15, -0.1) is 0 Å². The van der Waals surface area contributed by atoms with Gasteiger partial charge in [-0.2, -0.15) is 0 Å². The van der Waals surface area contributed by atoms with Crippen molar-refractivity contribution in [3.8, 4) is 11.1 Å². The number of rotatable bonds is 3. The first-order chi connectivity index (χ1) is 14.1. The topological polar surface area (TPSA) is 60.8 Å². The zero-order valence-corrected chi connectivity index (χ0v) is 15.6. The van der Waals surface area contributed by atoms with Gasteiger partial charge in [0, 0.05) is 6.54 Å². The van der Waals surface area contributed by atoms with Crippen LogP contribution in [0.25, 0.3) is 11.1 Å². The second-order valence-electron chi connectivity index (χ2n) is 7.61. The lowest BCUT2D eigenvalue weighted by molar-refractivity contribution is -0.145. The van der Waals surface area contributed by atoms with E-state index in [9.17, 15) is 19.4 Å². The molecule has 3 aromatic carbocycles. The van der Waals surface area contributed by atoms with Gasteiger partial charge >= 0.3 is 5.97 Å². The number of aliphatic carboxylic acids is 1. The van der Waals surface area contributed by atoms with Crippen molar-refractivity contribution in [1.82, 2.24) is 4.90 Å². The van der Waals surface area contributed by atoms with Gasteiger partial charge in [-0.1, -0.05) is 78.9 Å². The number of likely N-dealkylation sites (tertiary alicyclic amines) is 1. The number of benzene rings is 3. The van der Waals surface area contributed by atoms with E-state index in [1.54, 1.807) is 4.90 Å². The average Bonchev–Trinajstić information content (AvgIpc) is 3.21. The molecule has 2 N–H and O–H groups in total. The van der Waals surface area contributed by atoms with Crippen LogP contribution in [-0.2, 0) is 10.3 Å². The number of halogens is 1. The summed E-state index contributed by atoms with van der Waals surface area (Å²) in [6, 6.07) is 23.8. The first kappa shape index (κ1) is 18.0. The molecule has 0 spiro atoms. The Bertz CT molecular complexity index is 1040. The number of nitrogens with zero attached hydrogens (tertiary/aromatic N) is 1. The maximum atomic E-state index is 14.9. The Morgan fingerprint density at radius 2 is 1.41 bits per heavy atom. The zero-order chi connectivity index (χ0) is 20.2. The molecule has 0 amide bonds. The number of carbonyl (C=O) groups is 1. The molecule has 0 unspecified atom stereocenters. The molecule has 1 fully saturated rings. The molecule has 5 rings (SSSR count). The fraction of sp³-hybridized carbons (Fsp3) is 0.208. The number of hydrogen-bond acceptors (Lipinski definition) is 3. The molecule has 1 aliphatic heterocycles. The molecule has 1 heterocycles. The summed E-state index contributed by atoms with van der Waals surface area (Å²) in [7, 11) is 0. The molecule has 0 bridgehead atoms. The molecule has 29 heavy (non-hydrogen) atoms. The minimum Gasteiger partial charge on any atom is -0.480 e. The fourth-order valence-corrected chi connectivity index (χ4v) is 5.09. The van der Waals surface area contributed by atoms with E-state index >= 15 is 0 Å². The number of carboxylic acid groups (broad SMARTS) is 1. The van der Waals surface area contributed by atoms with E-state index in [1.807, 2.05) is 78.9 Å². The summed E-state index contributed by atoms with van der Waals surface area (Å²) in [5, 5.41) is 20.2. The highest BCUT2D eigenvalue weighted by molar-refractivity contribution is 5.84. The van der Waals surface area contributed by atoms with Gasteiger partial charge in [-0.25, -0.2) is 4.39 Å². The van der Waals surface area contributed by atoms with Gasteiger partial charge in [0.25, 0.3) is 0 Å². The lowest BCUT2D eigenvalue weighted by Crippen LogP contribution is -2.53. The van der Waals surface area contributed by atoms with Crippen LogP contribution in [0.2, 0.25) is 0 Å². The monoisotopic (exact) mass is 389 g/mol. The third kappa shape index (κ3) is 2.35. The molecule has 3 aromatic rings. The summed E-state index contributed by atoms with van der Waals surface area (Å²) >= 11 is 0. The normalized spacial score (nSPS) is 24.8. The van der Waals surface area contributed by atoms with Crippen LogP contribution in [-0.4, -0.2) is 45.9 Å². The van der Waals surface area contributed by atoms with Crippen molar-refractivity contribution >= 4 is 5.97 Å². The first-order valence-corrected chi connectivity index (χ1v) is 9.63. The highest BCUT2D eigenvalue weighted by Gasteiger charge is 2.58. The average molecular weight is 389 g/mol. The second kappa shape index (κ2) is 6.51. The molecule has 5 heteroatoms. The van der Waals surface area contributed by atoms with E-state index < -0.39 is 29.8 Å². The van der Waals surface area contributed by atoms with E-state index in [0.717, 1.165) is 27.8 Å². The van der Waals surface area contributed by atoms with E-state index in [-0.39, 0.29) is 6.54 Å². The van der Waals surface area contributed by atoms with Gasteiger partial charge in [-0.05, 0) is 27.8 Å². The van der Waals surface area contributed by atoms with Crippen LogP contribution < -0.4 is 0 Å². The number of β-amino-alcohol motifs (C(OH)–C–C–N with tert-alkyl or cyclic N) is 1. The fourth-order valence-electron chi connectivity index (χ4n) is 5.09. The zero-order valence-electron chi connectivity index (χ0n) is 15.6. The molecule has 0 radical (unpaired) electrons. The van der Waals surface area contributed by atoms with Crippen LogP contribution in [0.4, 0.5) is 4.39 Å². The van der Waals surface area contributed by atoms with Gasteiger partial charge in [-0.3, -0.25) is 9.69 Å². The lowest BCUT2D eigenvalue weighted by atomic mass is 9.78. The van der Waals surface area contributed by atoms with Crippen molar-refractivity contribution in [1.29, 1.82) is 0 Å². The summed E-state index contributed by atoms with van der Waals surface area (Å²) in [5.74, 6) is -1.27. The van der Waals surface area contributed by atoms with Gasteiger partial charge in [0.2, 0.25) is 0 Å². The highest BCUT2D eigenvalue weighted by Crippen LogP contribution is 2.56. The molecular weight excluding hydrogens is 369 g/mol. The smallest absolute Gasteiger partial charge is 0.324 e. The van der Waals surface area contributed by atoms with Crippen LogP contribution in [0.3, 0.4) is 0 Å². The van der Waals surface area contributed by atoms with Crippen molar-refractivity contribution in [3.05, 3.63) is 95.6 Å². The first-order valence-electron chi connectivity index (χ1n) is 9.63. The minimum absolute atomic E-state index is 0.0737. The molecule has 146 valence electrons. The molecule has 2 aliphatic rings. The van der Waals surface area contributed by atoms with Crippen LogP contribution in [0.15, 0.2) is 78.9 Å². The predicted octanol–water partition coefficient (Wildman–Crippen LogP) is 3.43. The third-order valence-electron chi connectivity index (χ3n) is 6.19. The quantitative estimate of drug-likeness (QED) is 0.721. The van der Waals surface area contributed by atoms with Gasteiger partial charge < -0.3 is 10.2 Å². The van der Waals surface area contributed by atoms with Crippen molar-refractivity contribution in [2.24, 2.45) is 0 Å². The summed E-state index contributed by atoms with van der Waals surface area (Å²) in [6.07, 6.45) is -3.23. The summed E-state index contributed by atoms with van der Waals surface area (Å²) < 4.78 is 14.9. The van der Waals surface area contributed by atoms with Crippen LogP contribution in [0, 0.1) is 0 Å². The van der Waals surface area contributed by atoms with Gasteiger partial charge in [0.15, 0.2) is 6.17 Å². The highest BCUT2D eigenvalue weighted by atomic mass is 19.1. The predicted molar refractivity (Wildman–Crippen MR) is 107 cm³/mol. The molecule has 1 saturated heterocycles. The number of hydrogen-bond donors (Lipinski definition) is 2. The molecular formula is C24H20FNO3. The lowest BCUT2D eigenvalue weighted by Gasteiger charge is -2.43. The SMILES string of the molecule is O=C(O)[C@H]1[C@@H](F)[C@H](O)CN1C1(c2ccccc2)c2ccccc2-c2ccccc21. The van der Waals surface area contributed by atoms with E-state index in [0.29, 0.717) is 0 Å². The van der Waals surface area contributed by atoms with Crippen molar-refractivity contribution in [2.45, 2.75) is 23.9 Å². The number of aliphatic hydroxyl groups excluding tert-OH is 1. The molecule has 0 saturated carbocycles. The largest absolute Gasteiger partial charge is 0.480 e. The Morgan fingerprint density at radius 1 is 0.897 bits per heavy atom. The Morgan fingerprint density at radius 3 is 1.97 bits per heavy atom. The molecule has 0 aromatic heterocycles. The summed E-state index contributed by atoms with van der Waals surface area (Å²) in [4.78, 5) is 13.8.